The predicted molar refractivity (Wildman–Crippen MR) is 250 cm³/mol. The van der Waals surface area contributed by atoms with Gasteiger partial charge in [-0.15, -0.1) is 0 Å². The Morgan fingerprint density at radius 1 is 0.590 bits per heavy atom. The number of nitrogens with zero attached hydrogens (tertiary/aromatic N) is 4. The number of piperidine rings is 2. The summed E-state index contributed by atoms with van der Waals surface area (Å²) in [6, 6.07) is 25.6. The van der Waals surface area contributed by atoms with Crippen LogP contribution >= 0.6 is 11.6 Å². The number of rotatable bonds is 11. The molecule has 8 nitrogen and oxygen atoms in total. The molecule has 0 radical (unpaired) electrons. The Morgan fingerprint density at radius 2 is 0.984 bits per heavy atom. The smallest absolute Gasteiger partial charge is 0.252 e. The minimum atomic E-state index is -0.368. The molecule has 0 spiro atoms. The molecule has 4 aromatic rings. The maximum absolute atomic E-state index is 12.6. The maximum atomic E-state index is 12.6. The topological polar surface area (TPSA) is 104 Å². The summed E-state index contributed by atoms with van der Waals surface area (Å²) in [6.07, 6.45) is 28.7. The first-order valence-corrected chi connectivity index (χ1v) is 23.8. The fraction of sp³-hybridized carbons (Fsp3) is 0.538. The van der Waals surface area contributed by atoms with Crippen molar-refractivity contribution < 1.29 is 9.59 Å². The number of hydrogen-bond acceptors (Lipinski definition) is 7. The molecule has 2 saturated heterocycles. The summed E-state index contributed by atoms with van der Waals surface area (Å²) in [6.45, 7) is 9.03. The van der Waals surface area contributed by atoms with E-state index >= 15 is 0 Å². The van der Waals surface area contributed by atoms with Crippen molar-refractivity contribution in [2.75, 3.05) is 26.2 Å². The molecule has 2 aromatic carbocycles. The highest BCUT2D eigenvalue weighted by Crippen LogP contribution is 2.30. The van der Waals surface area contributed by atoms with Crippen LogP contribution in [0.3, 0.4) is 0 Å². The Hall–Kier alpha value is -3.95. The van der Waals surface area contributed by atoms with Crippen LogP contribution in [0.2, 0.25) is 0 Å². The molecule has 0 unspecified atom stereocenters. The number of amides is 1. The summed E-state index contributed by atoms with van der Waals surface area (Å²) in [5, 5.41) is 2.71. The molecule has 2 aromatic heterocycles. The summed E-state index contributed by atoms with van der Waals surface area (Å²) >= 11 is 5.49. The molecule has 2 aliphatic heterocycles. The molecule has 4 heterocycles. The molecule has 4 aliphatic rings. The third-order valence-corrected chi connectivity index (χ3v) is 13.9. The monoisotopic (exact) mass is 847 g/mol. The molecular weight excluding hydrogens is 776 g/mol. The fourth-order valence-corrected chi connectivity index (χ4v) is 9.98. The average molecular weight is 848 g/mol. The van der Waals surface area contributed by atoms with E-state index in [0.717, 1.165) is 53.5 Å². The van der Waals surface area contributed by atoms with E-state index in [-0.39, 0.29) is 23.2 Å². The van der Waals surface area contributed by atoms with Gasteiger partial charge in [0.2, 0.25) is 0 Å². The summed E-state index contributed by atoms with van der Waals surface area (Å²) in [7, 11) is 0. The van der Waals surface area contributed by atoms with Crippen molar-refractivity contribution in [3.63, 3.8) is 0 Å². The summed E-state index contributed by atoms with van der Waals surface area (Å²) < 4.78 is 0. The van der Waals surface area contributed by atoms with E-state index < -0.39 is 0 Å². The number of nitrogens with one attached hydrogen (secondary N) is 1. The van der Waals surface area contributed by atoms with Gasteiger partial charge in [0.1, 0.15) is 0 Å². The van der Waals surface area contributed by atoms with Gasteiger partial charge in [0.15, 0.2) is 0 Å². The van der Waals surface area contributed by atoms with E-state index in [2.05, 4.69) is 49.4 Å². The number of nitrogens with two attached hydrogens (primary N) is 1. The van der Waals surface area contributed by atoms with Crippen LogP contribution in [0.25, 0.3) is 0 Å². The summed E-state index contributed by atoms with van der Waals surface area (Å²) in [5.74, 6) is 1.54. The minimum absolute atomic E-state index is 0.0216. The molecular formula is C52H71ClN6O2. The van der Waals surface area contributed by atoms with Gasteiger partial charge in [-0.3, -0.25) is 19.6 Å². The van der Waals surface area contributed by atoms with Crippen molar-refractivity contribution in [2.45, 2.75) is 141 Å². The molecule has 4 fully saturated rings. The third-order valence-electron chi connectivity index (χ3n) is 13.7. The van der Waals surface area contributed by atoms with Gasteiger partial charge >= 0.3 is 0 Å². The second kappa shape index (κ2) is 24.6. The predicted octanol–water partition coefficient (Wildman–Crippen LogP) is 10.9. The highest BCUT2D eigenvalue weighted by atomic mass is 35.5. The zero-order valence-corrected chi connectivity index (χ0v) is 37.7. The normalized spacial score (nSPS) is 19.7. The van der Waals surface area contributed by atoms with Crippen LogP contribution in [0.1, 0.15) is 159 Å². The SMILES string of the molecule is C[C@H](N)c1ccncc1.C[C@H](NC(=O)c1ccc(CC2CCN(C3CCCCC3)CC2)cc1)c1ccncc1.O=C(Cl)c1ccc(CC2CCN(C3CCCCC3)CC2)cc1. The van der Waals surface area contributed by atoms with E-state index in [0.29, 0.717) is 5.56 Å². The Morgan fingerprint density at radius 3 is 1.36 bits per heavy atom. The van der Waals surface area contributed by atoms with Crippen LogP contribution in [-0.2, 0) is 12.8 Å². The van der Waals surface area contributed by atoms with E-state index in [1.54, 1.807) is 24.8 Å². The lowest BCUT2D eigenvalue weighted by Gasteiger charge is -2.39. The number of benzene rings is 2. The van der Waals surface area contributed by atoms with E-state index in [9.17, 15) is 9.59 Å². The summed E-state index contributed by atoms with van der Waals surface area (Å²) in [5.41, 5.74) is 11.8. The first-order chi connectivity index (χ1) is 29.7. The van der Waals surface area contributed by atoms with Gasteiger partial charge in [0.25, 0.3) is 11.1 Å². The molecule has 328 valence electrons. The highest BCUT2D eigenvalue weighted by molar-refractivity contribution is 6.67. The van der Waals surface area contributed by atoms with Gasteiger partial charge in [0, 0.05) is 54.0 Å². The van der Waals surface area contributed by atoms with E-state index in [1.807, 2.05) is 62.4 Å². The van der Waals surface area contributed by atoms with Crippen LogP contribution in [0.15, 0.2) is 97.6 Å². The average Bonchev–Trinajstić information content (AvgIpc) is 3.31. The lowest BCUT2D eigenvalue weighted by atomic mass is 9.87. The van der Waals surface area contributed by atoms with E-state index in [4.69, 9.17) is 17.3 Å². The van der Waals surface area contributed by atoms with E-state index in [1.165, 1.54) is 127 Å². The van der Waals surface area contributed by atoms with Crippen molar-refractivity contribution in [2.24, 2.45) is 17.6 Å². The number of aromatic nitrogens is 2. The molecule has 61 heavy (non-hydrogen) atoms. The van der Waals surface area contributed by atoms with Crippen molar-refractivity contribution in [3.8, 4) is 0 Å². The summed E-state index contributed by atoms with van der Waals surface area (Å²) in [4.78, 5) is 37.1. The molecule has 9 heteroatoms. The van der Waals surface area contributed by atoms with Gasteiger partial charge in [-0.2, -0.15) is 0 Å². The minimum Gasteiger partial charge on any atom is -0.346 e. The molecule has 0 bridgehead atoms. The zero-order valence-electron chi connectivity index (χ0n) is 36.9. The first-order valence-electron chi connectivity index (χ1n) is 23.4. The van der Waals surface area contributed by atoms with Gasteiger partial charge in [0.05, 0.1) is 6.04 Å². The van der Waals surface area contributed by atoms with Gasteiger partial charge < -0.3 is 20.9 Å². The van der Waals surface area contributed by atoms with Crippen LogP contribution in [0.4, 0.5) is 0 Å². The molecule has 1 amide bonds. The standard InChI is InChI=1S/C26H35N3O.C19H26ClNO.C7H10N2/c1-20(23-11-15-27-16-12-23)28-26(30)24-9-7-21(8-10-24)19-22-13-17-29(18-14-22)25-5-3-2-4-6-25;20-19(22)17-8-6-15(7-9-17)14-16-10-12-21(13-11-16)18-4-2-1-3-5-18;1-6(8)7-2-4-9-5-3-7/h7-12,15-16,20,22,25H,2-6,13-14,17-19H2,1H3,(H,28,30);6-9,16,18H,1-5,10-14H2;2-6H,8H2,1H3/t20-;;6-/m0.0/s1. The van der Waals surface area contributed by atoms with Crippen molar-refractivity contribution in [1.29, 1.82) is 0 Å². The molecule has 2 saturated carbocycles. The maximum Gasteiger partial charge on any atom is 0.252 e. The number of halogens is 1. The Kier molecular flexibility index (Phi) is 18.8. The van der Waals surface area contributed by atoms with Crippen LogP contribution in [0.5, 0.6) is 0 Å². The second-order valence-electron chi connectivity index (χ2n) is 18.2. The Bertz CT molecular complexity index is 1850. The number of likely N-dealkylation sites (tertiary alicyclic amines) is 2. The van der Waals surface area contributed by atoms with Gasteiger partial charge in [-0.05, 0) is 198 Å². The van der Waals surface area contributed by atoms with Crippen molar-refractivity contribution >= 4 is 22.8 Å². The van der Waals surface area contributed by atoms with Crippen LogP contribution in [-0.4, -0.2) is 69.2 Å². The third kappa shape index (κ3) is 15.1. The number of pyridine rings is 2. The van der Waals surface area contributed by atoms with Crippen LogP contribution < -0.4 is 11.1 Å². The molecule has 8 rings (SSSR count). The molecule has 3 N–H and O–H groups in total. The quantitative estimate of drug-likeness (QED) is 0.145. The number of hydrogen-bond donors (Lipinski definition) is 2. The number of carbonyl (C=O) groups is 2. The number of carbonyl (C=O) groups excluding carboxylic acids is 2. The zero-order chi connectivity index (χ0) is 42.8. The lowest BCUT2D eigenvalue weighted by Crippen LogP contribution is -2.42. The van der Waals surface area contributed by atoms with Gasteiger partial charge in [-0.1, -0.05) is 62.8 Å². The van der Waals surface area contributed by atoms with Crippen molar-refractivity contribution in [1.82, 2.24) is 25.1 Å². The largest absolute Gasteiger partial charge is 0.346 e. The van der Waals surface area contributed by atoms with Crippen LogP contribution in [0, 0.1) is 11.8 Å². The Labute approximate surface area is 371 Å². The molecule has 2 aliphatic carbocycles. The van der Waals surface area contributed by atoms with Gasteiger partial charge in [-0.25, -0.2) is 0 Å². The van der Waals surface area contributed by atoms with Crippen molar-refractivity contribution in [3.05, 3.63) is 131 Å². The second-order valence-corrected chi connectivity index (χ2v) is 18.5. The lowest BCUT2D eigenvalue weighted by molar-refractivity contribution is 0.0939. The molecule has 2 atom stereocenters. The highest BCUT2D eigenvalue weighted by Gasteiger charge is 2.27. The fourth-order valence-electron chi connectivity index (χ4n) is 9.85. The Balaban J connectivity index is 0.000000175. The first kappa shape index (κ1) is 46.6.